The summed E-state index contributed by atoms with van der Waals surface area (Å²) in [7, 11) is 0. The first-order chi connectivity index (χ1) is 7.02. The molecule has 0 radical (unpaired) electrons. The van der Waals surface area contributed by atoms with Crippen molar-refractivity contribution in [3.63, 3.8) is 0 Å². The molecule has 1 N–H and O–H groups in total. The van der Waals surface area contributed by atoms with E-state index in [1.165, 1.54) is 0 Å². The van der Waals surface area contributed by atoms with E-state index in [4.69, 9.17) is 5.11 Å². The molecule has 1 saturated heterocycles. The van der Waals surface area contributed by atoms with Crippen LogP contribution in [-0.2, 0) is 9.59 Å². The zero-order valence-corrected chi connectivity index (χ0v) is 9.40. The first-order valence-electron chi connectivity index (χ1n) is 5.55. The van der Waals surface area contributed by atoms with Gasteiger partial charge in [0.25, 0.3) is 0 Å². The van der Waals surface area contributed by atoms with E-state index >= 15 is 0 Å². The van der Waals surface area contributed by atoms with Crippen LogP contribution in [0.15, 0.2) is 0 Å². The van der Waals surface area contributed by atoms with Gasteiger partial charge in [-0.2, -0.15) is 0 Å². The fourth-order valence-corrected chi connectivity index (χ4v) is 2.26. The van der Waals surface area contributed by atoms with Gasteiger partial charge in [-0.25, -0.2) is 0 Å². The predicted octanol–water partition coefficient (Wildman–Crippen LogP) is 1.64. The van der Waals surface area contributed by atoms with E-state index in [0.29, 0.717) is 6.42 Å². The molecule has 0 saturated carbocycles. The number of aliphatic carboxylic acids is 1. The Bertz CT molecular complexity index is 252. The van der Waals surface area contributed by atoms with Gasteiger partial charge in [-0.3, -0.25) is 9.59 Å². The zero-order valence-electron chi connectivity index (χ0n) is 9.40. The summed E-state index contributed by atoms with van der Waals surface area (Å²) in [6, 6.07) is -0.0163. The van der Waals surface area contributed by atoms with Crippen LogP contribution in [0.2, 0.25) is 0 Å². The molecular formula is C11H19NO3. The average molecular weight is 213 g/mol. The molecule has 0 aliphatic carbocycles. The first kappa shape index (κ1) is 12.0. The van der Waals surface area contributed by atoms with E-state index in [0.717, 1.165) is 19.3 Å². The average Bonchev–Trinajstić information content (AvgIpc) is 2.25. The van der Waals surface area contributed by atoms with Crippen LogP contribution in [0, 0.1) is 0 Å². The van der Waals surface area contributed by atoms with Gasteiger partial charge in [0.15, 0.2) is 0 Å². The summed E-state index contributed by atoms with van der Waals surface area (Å²) in [6.07, 6.45) is 3.57. The Kier molecular flexibility index (Phi) is 4.12. The number of carbonyl (C=O) groups is 2. The standard InChI is InChI=1S/C11H19NO3/c1-8-5-3-4-6-10(13)12(8)9(2)7-11(14)15/h8-9H,3-7H2,1-2H3,(H,14,15). The second-order valence-electron chi connectivity index (χ2n) is 4.34. The molecule has 86 valence electrons. The van der Waals surface area contributed by atoms with Crippen LogP contribution in [0.4, 0.5) is 0 Å². The third-order valence-corrected chi connectivity index (χ3v) is 2.97. The summed E-state index contributed by atoms with van der Waals surface area (Å²) in [5.74, 6) is -0.736. The SMILES string of the molecule is CC1CCCCC(=O)N1C(C)CC(=O)O. The molecule has 2 atom stereocenters. The second kappa shape index (κ2) is 5.14. The van der Waals surface area contributed by atoms with Gasteiger partial charge in [0.1, 0.15) is 0 Å². The van der Waals surface area contributed by atoms with Crippen molar-refractivity contribution in [2.75, 3.05) is 0 Å². The summed E-state index contributed by atoms with van der Waals surface area (Å²) in [5.41, 5.74) is 0. The van der Waals surface area contributed by atoms with Gasteiger partial charge >= 0.3 is 5.97 Å². The molecule has 1 aliphatic heterocycles. The highest BCUT2D eigenvalue weighted by molar-refractivity contribution is 5.78. The number of carboxylic acids is 1. The van der Waals surface area contributed by atoms with E-state index in [2.05, 4.69) is 0 Å². The van der Waals surface area contributed by atoms with Crippen molar-refractivity contribution in [3.8, 4) is 0 Å². The second-order valence-corrected chi connectivity index (χ2v) is 4.34. The number of amides is 1. The monoisotopic (exact) mass is 213 g/mol. The van der Waals surface area contributed by atoms with Crippen molar-refractivity contribution in [2.45, 2.75) is 58.0 Å². The number of rotatable bonds is 3. The lowest BCUT2D eigenvalue weighted by Crippen LogP contribution is -2.44. The van der Waals surface area contributed by atoms with Crippen LogP contribution < -0.4 is 0 Å². The number of hydrogen-bond acceptors (Lipinski definition) is 2. The van der Waals surface area contributed by atoms with Crippen molar-refractivity contribution in [1.82, 2.24) is 4.90 Å². The molecule has 0 aromatic rings. The van der Waals surface area contributed by atoms with Crippen molar-refractivity contribution in [2.24, 2.45) is 0 Å². The molecule has 1 heterocycles. The van der Waals surface area contributed by atoms with Crippen LogP contribution in [0.25, 0.3) is 0 Å². The maximum absolute atomic E-state index is 11.8. The Hall–Kier alpha value is -1.06. The lowest BCUT2D eigenvalue weighted by Gasteiger charge is -2.32. The highest BCUT2D eigenvalue weighted by atomic mass is 16.4. The normalized spacial score (nSPS) is 24.8. The molecule has 1 amide bonds. The topological polar surface area (TPSA) is 57.6 Å². The number of carbonyl (C=O) groups excluding carboxylic acids is 1. The predicted molar refractivity (Wildman–Crippen MR) is 56.5 cm³/mol. The Morgan fingerprint density at radius 2 is 2.27 bits per heavy atom. The minimum atomic E-state index is -0.841. The summed E-state index contributed by atoms with van der Waals surface area (Å²) < 4.78 is 0. The third-order valence-electron chi connectivity index (χ3n) is 2.97. The summed E-state index contributed by atoms with van der Waals surface area (Å²) in [4.78, 5) is 24.1. The molecule has 4 heteroatoms. The number of hydrogen-bond donors (Lipinski definition) is 1. The lowest BCUT2D eigenvalue weighted by molar-refractivity contribution is -0.141. The molecule has 15 heavy (non-hydrogen) atoms. The van der Waals surface area contributed by atoms with Crippen molar-refractivity contribution >= 4 is 11.9 Å². The van der Waals surface area contributed by atoms with Crippen LogP contribution in [0.3, 0.4) is 0 Å². The number of likely N-dealkylation sites (tertiary alicyclic amines) is 1. The smallest absolute Gasteiger partial charge is 0.305 e. The third kappa shape index (κ3) is 3.22. The van der Waals surface area contributed by atoms with Gasteiger partial charge < -0.3 is 10.0 Å². The van der Waals surface area contributed by atoms with Gasteiger partial charge in [0, 0.05) is 18.5 Å². The van der Waals surface area contributed by atoms with Gasteiger partial charge in [0.2, 0.25) is 5.91 Å². The van der Waals surface area contributed by atoms with Crippen LogP contribution in [0.5, 0.6) is 0 Å². The van der Waals surface area contributed by atoms with Crippen LogP contribution >= 0.6 is 0 Å². The fourth-order valence-electron chi connectivity index (χ4n) is 2.26. The molecule has 1 fully saturated rings. The quantitative estimate of drug-likeness (QED) is 0.775. The van der Waals surface area contributed by atoms with Gasteiger partial charge in [-0.1, -0.05) is 6.42 Å². The molecule has 2 unspecified atom stereocenters. The number of carboxylic acid groups (broad SMARTS) is 1. The minimum Gasteiger partial charge on any atom is -0.481 e. The minimum absolute atomic E-state index is 0.0378. The maximum atomic E-state index is 11.8. The van der Waals surface area contributed by atoms with Gasteiger partial charge in [0.05, 0.1) is 6.42 Å². The molecule has 0 aromatic carbocycles. The first-order valence-corrected chi connectivity index (χ1v) is 5.55. The summed E-state index contributed by atoms with van der Waals surface area (Å²) >= 11 is 0. The Labute approximate surface area is 90.3 Å². The fraction of sp³-hybridized carbons (Fsp3) is 0.818. The Morgan fingerprint density at radius 1 is 1.60 bits per heavy atom. The van der Waals surface area contributed by atoms with E-state index in [9.17, 15) is 9.59 Å². The highest BCUT2D eigenvalue weighted by Crippen LogP contribution is 2.21. The van der Waals surface area contributed by atoms with E-state index in [1.807, 2.05) is 13.8 Å². The van der Waals surface area contributed by atoms with Crippen molar-refractivity contribution in [1.29, 1.82) is 0 Å². The summed E-state index contributed by atoms with van der Waals surface area (Å²) in [5, 5.41) is 8.72. The highest BCUT2D eigenvalue weighted by Gasteiger charge is 2.28. The summed E-state index contributed by atoms with van der Waals surface area (Å²) in [6.45, 7) is 3.81. The lowest BCUT2D eigenvalue weighted by atomic mass is 10.1. The Morgan fingerprint density at radius 3 is 2.87 bits per heavy atom. The Balaban J connectivity index is 2.69. The van der Waals surface area contributed by atoms with Crippen LogP contribution in [-0.4, -0.2) is 34.0 Å². The molecule has 4 nitrogen and oxygen atoms in total. The largest absolute Gasteiger partial charge is 0.481 e. The molecule has 0 spiro atoms. The van der Waals surface area contributed by atoms with E-state index in [-0.39, 0.29) is 24.4 Å². The van der Waals surface area contributed by atoms with Crippen LogP contribution in [0.1, 0.15) is 46.0 Å². The van der Waals surface area contributed by atoms with Crippen molar-refractivity contribution < 1.29 is 14.7 Å². The van der Waals surface area contributed by atoms with Crippen molar-refractivity contribution in [3.05, 3.63) is 0 Å². The molecule has 1 rings (SSSR count). The molecule has 0 aromatic heterocycles. The maximum Gasteiger partial charge on any atom is 0.305 e. The van der Waals surface area contributed by atoms with Gasteiger partial charge in [-0.15, -0.1) is 0 Å². The molecular weight excluding hydrogens is 194 g/mol. The molecule has 1 aliphatic rings. The van der Waals surface area contributed by atoms with Gasteiger partial charge in [-0.05, 0) is 26.7 Å². The van der Waals surface area contributed by atoms with E-state index < -0.39 is 5.97 Å². The number of nitrogens with zero attached hydrogens (tertiary/aromatic N) is 1. The molecule has 0 bridgehead atoms. The zero-order chi connectivity index (χ0) is 11.4. The van der Waals surface area contributed by atoms with E-state index in [1.54, 1.807) is 4.90 Å².